The molecule has 1 aliphatic heterocycles. The van der Waals surface area contributed by atoms with Crippen molar-refractivity contribution in [1.82, 2.24) is 14.9 Å². The third-order valence-electron chi connectivity index (χ3n) is 4.39. The molecule has 0 amide bonds. The number of nitrogens with zero attached hydrogens (tertiary/aromatic N) is 3. The maximum Gasteiger partial charge on any atom is 0.175 e. The Labute approximate surface area is 143 Å². The van der Waals surface area contributed by atoms with Crippen LogP contribution in [0, 0.1) is 13.8 Å². The first kappa shape index (κ1) is 17.0. The van der Waals surface area contributed by atoms with Crippen molar-refractivity contribution in [3.8, 4) is 0 Å². The second-order valence-electron chi connectivity index (χ2n) is 6.65. The zero-order chi connectivity index (χ0) is 17.3. The summed E-state index contributed by atoms with van der Waals surface area (Å²) in [6, 6.07) is 9.17. The van der Waals surface area contributed by atoms with E-state index < -0.39 is 9.84 Å². The van der Waals surface area contributed by atoms with E-state index in [1.165, 1.54) is 6.26 Å². The average molecular weight is 345 g/mol. The SMILES string of the molecule is Cc1cc(C)nc([C@@H]2CCN(Cc3ccc(S(C)(=O)=O)cc3)C2)n1. The smallest absolute Gasteiger partial charge is 0.175 e. The molecule has 0 unspecified atom stereocenters. The van der Waals surface area contributed by atoms with Gasteiger partial charge in [-0.15, -0.1) is 0 Å². The molecule has 0 N–H and O–H groups in total. The molecule has 24 heavy (non-hydrogen) atoms. The van der Waals surface area contributed by atoms with E-state index in [0.29, 0.717) is 10.8 Å². The summed E-state index contributed by atoms with van der Waals surface area (Å²) in [7, 11) is -3.13. The van der Waals surface area contributed by atoms with Crippen molar-refractivity contribution in [2.75, 3.05) is 19.3 Å². The molecule has 0 saturated carbocycles. The topological polar surface area (TPSA) is 63.2 Å². The number of aromatic nitrogens is 2. The lowest BCUT2D eigenvalue weighted by Crippen LogP contribution is -2.20. The summed E-state index contributed by atoms with van der Waals surface area (Å²) in [6.45, 7) is 6.79. The first-order valence-electron chi connectivity index (χ1n) is 8.15. The van der Waals surface area contributed by atoms with Crippen LogP contribution in [0.25, 0.3) is 0 Å². The predicted octanol–water partition coefficient (Wildman–Crippen LogP) is 2.49. The van der Waals surface area contributed by atoms with E-state index in [1.54, 1.807) is 12.1 Å². The van der Waals surface area contributed by atoms with Crippen molar-refractivity contribution in [2.24, 2.45) is 0 Å². The highest BCUT2D eigenvalue weighted by Gasteiger charge is 2.26. The molecule has 0 radical (unpaired) electrons. The number of benzene rings is 1. The number of likely N-dealkylation sites (tertiary alicyclic amines) is 1. The second kappa shape index (κ2) is 6.61. The lowest BCUT2D eigenvalue weighted by Gasteiger charge is -2.16. The van der Waals surface area contributed by atoms with Gasteiger partial charge < -0.3 is 0 Å². The van der Waals surface area contributed by atoms with Gasteiger partial charge in [0.2, 0.25) is 0 Å². The van der Waals surface area contributed by atoms with Crippen molar-refractivity contribution < 1.29 is 8.42 Å². The maximum absolute atomic E-state index is 11.5. The summed E-state index contributed by atoms with van der Waals surface area (Å²) in [5.74, 6) is 1.32. The minimum atomic E-state index is -3.13. The minimum Gasteiger partial charge on any atom is -0.298 e. The van der Waals surface area contributed by atoms with E-state index in [4.69, 9.17) is 0 Å². The van der Waals surface area contributed by atoms with Gasteiger partial charge in [0.15, 0.2) is 9.84 Å². The van der Waals surface area contributed by atoms with Gasteiger partial charge in [0, 0.05) is 36.7 Å². The van der Waals surface area contributed by atoms with Crippen LogP contribution >= 0.6 is 0 Å². The molecule has 0 aliphatic carbocycles. The maximum atomic E-state index is 11.5. The van der Waals surface area contributed by atoms with E-state index in [0.717, 1.165) is 48.8 Å². The van der Waals surface area contributed by atoms with Crippen LogP contribution in [0.3, 0.4) is 0 Å². The fraction of sp³-hybridized carbons (Fsp3) is 0.444. The minimum absolute atomic E-state index is 0.370. The van der Waals surface area contributed by atoms with Crippen molar-refractivity contribution in [3.05, 3.63) is 53.1 Å². The normalized spacial score (nSPS) is 18.9. The Morgan fingerprint density at radius 1 is 1.12 bits per heavy atom. The van der Waals surface area contributed by atoms with Crippen LogP contribution in [0.4, 0.5) is 0 Å². The van der Waals surface area contributed by atoms with Gasteiger partial charge in [0.05, 0.1) is 4.90 Å². The summed E-state index contributed by atoms with van der Waals surface area (Å²) in [5.41, 5.74) is 3.17. The van der Waals surface area contributed by atoms with Crippen LogP contribution in [0.5, 0.6) is 0 Å². The second-order valence-corrected chi connectivity index (χ2v) is 8.66. The molecule has 1 saturated heterocycles. The fourth-order valence-corrected chi connectivity index (χ4v) is 3.85. The van der Waals surface area contributed by atoms with Crippen LogP contribution in [-0.2, 0) is 16.4 Å². The predicted molar refractivity (Wildman–Crippen MR) is 93.7 cm³/mol. The molecule has 3 rings (SSSR count). The van der Waals surface area contributed by atoms with E-state index in [9.17, 15) is 8.42 Å². The van der Waals surface area contributed by atoms with Crippen molar-refractivity contribution >= 4 is 9.84 Å². The lowest BCUT2D eigenvalue weighted by molar-refractivity contribution is 0.325. The van der Waals surface area contributed by atoms with E-state index in [2.05, 4.69) is 14.9 Å². The zero-order valence-electron chi connectivity index (χ0n) is 14.4. The Kier molecular flexibility index (Phi) is 4.69. The monoisotopic (exact) mass is 345 g/mol. The van der Waals surface area contributed by atoms with Gasteiger partial charge in [-0.3, -0.25) is 4.90 Å². The van der Waals surface area contributed by atoms with Gasteiger partial charge in [-0.2, -0.15) is 0 Å². The molecule has 2 heterocycles. The molecular weight excluding hydrogens is 322 g/mol. The zero-order valence-corrected chi connectivity index (χ0v) is 15.2. The molecule has 1 atom stereocenters. The summed E-state index contributed by atoms with van der Waals surface area (Å²) < 4.78 is 23.0. The van der Waals surface area contributed by atoms with Crippen molar-refractivity contribution in [1.29, 1.82) is 0 Å². The Hall–Kier alpha value is -1.79. The van der Waals surface area contributed by atoms with Gasteiger partial charge in [0.1, 0.15) is 5.82 Å². The Balaban J connectivity index is 1.66. The van der Waals surface area contributed by atoms with Crippen LogP contribution in [0.15, 0.2) is 35.2 Å². The Morgan fingerprint density at radius 2 is 1.75 bits per heavy atom. The van der Waals surface area contributed by atoms with Crippen LogP contribution in [0.2, 0.25) is 0 Å². The highest BCUT2D eigenvalue weighted by atomic mass is 32.2. The molecule has 0 spiro atoms. The molecule has 128 valence electrons. The van der Waals surface area contributed by atoms with E-state index in [1.807, 2.05) is 32.0 Å². The first-order valence-corrected chi connectivity index (χ1v) is 10.0. The molecule has 1 aromatic heterocycles. The lowest BCUT2D eigenvalue weighted by atomic mass is 10.1. The third kappa shape index (κ3) is 3.99. The number of aryl methyl sites for hydroxylation is 2. The van der Waals surface area contributed by atoms with Gasteiger partial charge in [-0.05, 0) is 50.6 Å². The van der Waals surface area contributed by atoms with Gasteiger partial charge in [0.25, 0.3) is 0 Å². The van der Waals surface area contributed by atoms with Gasteiger partial charge in [-0.25, -0.2) is 18.4 Å². The molecule has 1 aliphatic rings. The average Bonchev–Trinajstić information content (AvgIpc) is 2.94. The molecule has 2 aromatic rings. The highest BCUT2D eigenvalue weighted by molar-refractivity contribution is 7.90. The van der Waals surface area contributed by atoms with E-state index >= 15 is 0 Å². The fourth-order valence-electron chi connectivity index (χ4n) is 3.22. The number of sulfone groups is 1. The van der Waals surface area contributed by atoms with Crippen LogP contribution < -0.4 is 0 Å². The molecule has 0 bridgehead atoms. The number of rotatable bonds is 4. The van der Waals surface area contributed by atoms with Gasteiger partial charge >= 0.3 is 0 Å². The summed E-state index contributed by atoms with van der Waals surface area (Å²) in [4.78, 5) is 11.9. The molecule has 6 heteroatoms. The van der Waals surface area contributed by atoms with Crippen molar-refractivity contribution in [2.45, 2.75) is 37.6 Å². The largest absolute Gasteiger partial charge is 0.298 e. The number of hydrogen-bond donors (Lipinski definition) is 0. The summed E-state index contributed by atoms with van der Waals surface area (Å²) in [5, 5.41) is 0. The van der Waals surface area contributed by atoms with Crippen LogP contribution in [0.1, 0.15) is 35.1 Å². The quantitative estimate of drug-likeness (QED) is 0.852. The molecular formula is C18H23N3O2S. The van der Waals surface area contributed by atoms with Gasteiger partial charge in [-0.1, -0.05) is 12.1 Å². The Bertz CT molecular complexity index is 812. The Morgan fingerprint density at radius 3 is 2.33 bits per heavy atom. The van der Waals surface area contributed by atoms with E-state index in [-0.39, 0.29) is 0 Å². The number of hydrogen-bond acceptors (Lipinski definition) is 5. The molecule has 1 fully saturated rings. The standard InChI is InChI=1S/C18H23N3O2S/c1-13-10-14(2)20-18(19-13)16-8-9-21(12-16)11-15-4-6-17(7-5-15)24(3,22)23/h4-7,10,16H,8-9,11-12H2,1-3H3/t16-/m1/s1. The molecule has 1 aromatic carbocycles. The first-order chi connectivity index (χ1) is 11.3. The third-order valence-corrected chi connectivity index (χ3v) is 5.52. The highest BCUT2D eigenvalue weighted by Crippen LogP contribution is 2.26. The van der Waals surface area contributed by atoms with Crippen molar-refractivity contribution in [3.63, 3.8) is 0 Å². The summed E-state index contributed by atoms with van der Waals surface area (Å²) in [6.07, 6.45) is 2.29. The van der Waals surface area contributed by atoms with Crippen LogP contribution in [-0.4, -0.2) is 42.6 Å². The molecule has 5 nitrogen and oxygen atoms in total. The summed E-state index contributed by atoms with van der Waals surface area (Å²) >= 11 is 0.